The molecule has 11 heavy (non-hydrogen) atoms. The highest BCUT2D eigenvalue weighted by Crippen LogP contribution is 2.34. The quantitative estimate of drug-likeness (QED) is 0.526. The number of ether oxygens (including phenoxy) is 2. The van der Waals surface area contributed by atoms with E-state index in [9.17, 15) is 4.20 Å². The van der Waals surface area contributed by atoms with E-state index in [4.69, 9.17) is 23.8 Å². The van der Waals surface area contributed by atoms with E-state index in [1.165, 1.54) is 0 Å². The van der Waals surface area contributed by atoms with Crippen LogP contribution in [0.25, 0.3) is 0 Å². The van der Waals surface area contributed by atoms with Gasteiger partial charge in [0, 0.05) is 0 Å². The molecule has 0 spiro atoms. The molecule has 0 amide bonds. The van der Waals surface area contributed by atoms with Gasteiger partial charge in [0.2, 0.25) is 0 Å². The zero-order valence-corrected chi connectivity index (χ0v) is 6.67. The van der Waals surface area contributed by atoms with Crippen molar-refractivity contribution in [2.24, 2.45) is 0 Å². The normalized spacial score (nSPS) is 18.5. The van der Waals surface area contributed by atoms with Crippen molar-refractivity contribution in [1.82, 2.24) is 0 Å². The van der Waals surface area contributed by atoms with E-state index < -0.39 is 7.91 Å². The summed E-state index contributed by atoms with van der Waals surface area (Å²) in [6.45, 7) is 3.11. The number of hydrogen-bond acceptors (Lipinski definition) is 3. The predicted octanol–water partition coefficient (Wildman–Crippen LogP) is 0.0818. The van der Waals surface area contributed by atoms with Crippen LogP contribution in [-0.4, -0.2) is 36.2 Å². The van der Waals surface area contributed by atoms with E-state index in [1.807, 2.05) is 0 Å². The SMILES string of the molecule is C1COCCO1.O=P(O)(O)F. The first kappa shape index (κ1) is 11.0. The summed E-state index contributed by atoms with van der Waals surface area (Å²) in [7, 11) is -5.14. The fourth-order valence-electron chi connectivity index (χ4n) is 0.440. The van der Waals surface area contributed by atoms with Gasteiger partial charge in [-0.1, -0.05) is 0 Å². The van der Waals surface area contributed by atoms with Gasteiger partial charge in [-0.05, 0) is 0 Å². The molecular formula is C4H10FO5P. The molecule has 0 saturated carbocycles. The minimum absolute atomic E-state index is 0.778. The van der Waals surface area contributed by atoms with Gasteiger partial charge >= 0.3 is 7.91 Å². The lowest BCUT2D eigenvalue weighted by Crippen LogP contribution is -2.16. The molecule has 1 saturated heterocycles. The Hall–Kier alpha value is -0.0000000000000000555. The van der Waals surface area contributed by atoms with Crippen LogP contribution in [0.3, 0.4) is 0 Å². The molecule has 0 aromatic carbocycles. The molecule has 1 rings (SSSR count). The largest absolute Gasteiger partial charge is 0.507 e. The minimum atomic E-state index is -5.14. The van der Waals surface area contributed by atoms with Gasteiger partial charge in [-0.3, -0.25) is 9.79 Å². The zero-order chi connectivity index (χ0) is 8.74. The topological polar surface area (TPSA) is 76.0 Å². The van der Waals surface area contributed by atoms with Crippen LogP contribution in [0, 0.1) is 0 Å². The summed E-state index contributed by atoms with van der Waals surface area (Å²) in [5.41, 5.74) is 0. The van der Waals surface area contributed by atoms with E-state index >= 15 is 0 Å². The lowest BCUT2D eigenvalue weighted by atomic mass is 10.6. The van der Waals surface area contributed by atoms with Crippen LogP contribution in [0.2, 0.25) is 0 Å². The van der Waals surface area contributed by atoms with Crippen LogP contribution in [-0.2, 0) is 14.0 Å². The Morgan fingerprint density at radius 3 is 1.36 bits per heavy atom. The third-order valence-corrected chi connectivity index (χ3v) is 0.744. The lowest BCUT2D eigenvalue weighted by Gasteiger charge is -2.09. The molecule has 68 valence electrons. The number of rotatable bonds is 0. The Balaban J connectivity index is 0.000000187. The van der Waals surface area contributed by atoms with Crippen LogP contribution >= 0.6 is 7.91 Å². The first-order chi connectivity index (χ1) is 5.00. The van der Waals surface area contributed by atoms with Crippen molar-refractivity contribution in [3.8, 4) is 0 Å². The minimum Gasteiger partial charge on any atom is -0.377 e. The van der Waals surface area contributed by atoms with Gasteiger partial charge in [-0.15, -0.1) is 4.20 Å². The molecule has 0 unspecified atom stereocenters. The van der Waals surface area contributed by atoms with E-state index in [0.717, 1.165) is 26.4 Å². The third-order valence-electron chi connectivity index (χ3n) is 0.744. The standard InChI is InChI=1S/C4H8O2.FH2O3P/c1-2-6-4-3-5-1;1-5(2,3)4/h1-4H2;(H2,2,3,4). The zero-order valence-electron chi connectivity index (χ0n) is 5.77. The predicted molar refractivity (Wildman–Crippen MR) is 34.8 cm³/mol. The van der Waals surface area contributed by atoms with Crippen LogP contribution in [0.15, 0.2) is 0 Å². The summed E-state index contributed by atoms with van der Waals surface area (Å²) in [5, 5.41) is 0. The second kappa shape index (κ2) is 5.62. The van der Waals surface area contributed by atoms with Gasteiger partial charge in [0.1, 0.15) is 0 Å². The smallest absolute Gasteiger partial charge is 0.377 e. The van der Waals surface area contributed by atoms with Crippen molar-refractivity contribution in [2.75, 3.05) is 26.4 Å². The van der Waals surface area contributed by atoms with Crippen molar-refractivity contribution in [1.29, 1.82) is 0 Å². The van der Waals surface area contributed by atoms with Crippen LogP contribution in [0.4, 0.5) is 4.20 Å². The highest BCUT2D eigenvalue weighted by atomic mass is 31.2. The van der Waals surface area contributed by atoms with E-state index in [0.29, 0.717) is 0 Å². The average Bonchev–Trinajstić information content (AvgIpc) is 1.88. The Bertz CT molecular complexity index is 111. The molecule has 5 nitrogen and oxygen atoms in total. The molecular weight excluding hydrogens is 178 g/mol. The summed E-state index contributed by atoms with van der Waals surface area (Å²) < 4.78 is 28.9. The summed E-state index contributed by atoms with van der Waals surface area (Å²) in [6.07, 6.45) is 0. The van der Waals surface area contributed by atoms with Crippen molar-refractivity contribution in [3.05, 3.63) is 0 Å². The maximum atomic E-state index is 10.4. The van der Waals surface area contributed by atoms with Crippen LogP contribution in [0.1, 0.15) is 0 Å². The first-order valence-corrected chi connectivity index (χ1v) is 4.41. The van der Waals surface area contributed by atoms with Crippen molar-refractivity contribution < 1.29 is 28.0 Å². The van der Waals surface area contributed by atoms with Gasteiger partial charge in [0.15, 0.2) is 0 Å². The highest BCUT2D eigenvalue weighted by molar-refractivity contribution is 7.45. The molecule has 0 radical (unpaired) electrons. The average molecular weight is 188 g/mol. The molecule has 0 aliphatic carbocycles. The van der Waals surface area contributed by atoms with E-state index in [-0.39, 0.29) is 0 Å². The molecule has 1 aliphatic heterocycles. The molecule has 2 N–H and O–H groups in total. The monoisotopic (exact) mass is 188 g/mol. The van der Waals surface area contributed by atoms with Gasteiger partial charge < -0.3 is 9.47 Å². The molecule has 0 aromatic heterocycles. The molecule has 1 fully saturated rings. The Morgan fingerprint density at radius 1 is 1.09 bits per heavy atom. The Kier molecular flexibility index (Phi) is 5.62. The van der Waals surface area contributed by atoms with Crippen molar-refractivity contribution in [3.63, 3.8) is 0 Å². The van der Waals surface area contributed by atoms with Gasteiger partial charge in [0.25, 0.3) is 0 Å². The molecule has 7 heteroatoms. The van der Waals surface area contributed by atoms with E-state index in [1.54, 1.807) is 0 Å². The summed E-state index contributed by atoms with van der Waals surface area (Å²) in [4.78, 5) is 13.9. The van der Waals surface area contributed by atoms with Gasteiger partial charge in [-0.25, -0.2) is 4.57 Å². The highest BCUT2D eigenvalue weighted by Gasteiger charge is 2.04. The third kappa shape index (κ3) is 17.8. The lowest BCUT2D eigenvalue weighted by molar-refractivity contribution is -0.0334. The molecule has 1 heterocycles. The summed E-state index contributed by atoms with van der Waals surface area (Å²) in [6, 6.07) is 0. The second-order valence-corrected chi connectivity index (χ2v) is 2.64. The summed E-state index contributed by atoms with van der Waals surface area (Å²) >= 11 is 0. The summed E-state index contributed by atoms with van der Waals surface area (Å²) in [5.74, 6) is 0. The Labute approximate surface area is 63.4 Å². The molecule has 0 aromatic rings. The first-order valence-electron chi connectivity index (χ1n) is 2.91. The maximum Gasteiger partial charge on any atom is 0.507 e. The number of halogens is 1. The van der Waals surface area contributed by atoms with Crippen LogP contribution < -0.4 is 0 Å². The van der Waals surface area contributed by atoms with Crippen molar-refractivity contribution >= 4 is 7.91 Å². The fourth-order valence-corrected chi connectivity index (χ4v) is 0.440. The number of hydrogen-bond donors (Lipinski definition) is 2. The van der Waals surface area contributed by atoms with E-state index in [2.05, 4.69) is 0 Å². The molecule has 0 atom stereocenters. The van der Waals surface area contributed by atoms with Gasteiger partial charge in [-0.2, -0.15) is 0 Å². The van der Waals surface area contributed by atoms with Crippen molar-refractivity contribution in [2.45, 2.75) is 0 Å². The van der Waals surface area contributed by atoms with Gasteiger partial charge in [0.05, 0.1) is 26.4 Å². The molecule has 0 bridgehead atoms. The Morgan fingerprint density at radius 2 is 1.27 bits per heavy atom. The van der Waals surface area contributed by atoms with Crippen LogP contribution in [0.5, 0.6) is 0 Å². The molecule has 1 aliphatic rings. The second-order valence-electron chi connectivity index (χ2n) is 1.70. The maximum absolute atomic E-state index is 10.4. The fraction of sp³-hybridized carbons (Fsp3) is 1.00.